The van der Waals surface area contributed by atoms with Gasteiger partial charge in [-0.1, -0.05) is 90.5 Å². The maximum Gasteiger partial charge on any atom is 0.255 e. The number of benzene rings is 4. The van der Waals surface area contributed by atoms with Crippen LogP contribution in [0.4, 0.5) is 5.69 Å². The fourth-order valence-electron chi connectivity index (χ4n) is 4.50. The summed E-state index contributed by atoms with van der Waals surface area (Å²) in [5.41, 5.74) is 5.03. The summed E-state index contributed by atoms with van der Waals surface area (Å²) in [7, 11) is 0. The zero-order valence-electron chi connectivity index (χ0n) is 19.3. The molecule has 0 aromatic heterocycles. The Labute approximate surface area is 204 Å². The van der Waals surface area contributed by atoms with E-state index in [2.05, 4.69) is 5.32 Å². The first kappa shape index (κ1) is 22.3. The fourth-order valence-corrected chi connectivity index (χ4v) is 4.50. The Hall–Kier alpha value is -4.51. The summed E-state index contributed by atoms with van der Waals surface area (Å²) in [6.07, 6.45) is 0. The zero-order chi connectivity index (χ0) is 24.4. The molecule has 0 bridgehead atoms. The van der Waals surface area contributed by atoms with E-state index in [1.807, 2.05) is 73.7 Å². The molecule has 0 unspecified atom stereocenters. The van der Waals surface area contributed by atoms with Gasteiger partial charge in [0.25, 0.3) is 5.91 Å². The van der Waals surface area contributed by atoms with Crippen LogP contribution >= 0.6 is 0 Å². The topological polar surface area (TPSA) is 66.5 Å². The summed E-state index contributed by atoms with van der Waals surface area (Å²) in [6.45, 7) is 1.90. The number of carbonyl (C=O) groups excluding carboxylic acids is 3. The number of hydrogen-bond donors (Lipinski definition) is 1. The van der Waals surface area contributed by atoms with Gasteiger partial charge in [0.1, 0.15) is 6.54 Å². The first-order valence-corrected chi connectivity index (χ1v) is 11.5. The molecule has 0 spiro atoms. The standard InChI is InChI=1S/C30H24N2O3/c1-20-12-17-26-25(18-20)28(21-8-4-2-5-9-21)32(19-27(33)31-26)30(35)24-15-13-23(14-16-24)29(34)22-10-6-3-7-11-22/h2-18,28H,19H2,1H3,(H,31,33)/t28-/m0/s1. The maximum absolute atomic E-state index is 13.8. The van der Waals surface area contributed by atoms with Crippen LogP contribution in [0.25, 0.3) is 0 Å². The molecule has 0 fully saturated rings. The van der Waals surface area contributed by atoms with E-state index in [0.717, 1.165) is 16.7 Å². The van der Waals surface area contributed by atoms with Crippen molar-refractivity contribution in [3.8, 4) is 0 Å². The van der Waals surface area contributed by atoms with Gasteiger partial charge in [-0.25, -0.2) is 0 Å². The molecule has 172 valence electrons. The number of amides is 2. The van der Waals surface area contributed by atoms with Gasteiger partial charge in [0.05, 0.1) is 6.04 Å². The number of ketones is 1. The Bertz CT molecular complexity index is 1400. The highest BCUT2D eigenvalue weighted by Crippen LogP contribution is 2.37. The molecule has 1 aliphatic rings. The molecule has 1 aliphatic heterocycles. The lowest BCUT2D eigenvalue weighted by molar-refractivity contribution is -0.117. The minimum Gasteiger partial charge on any atom is -0.324 e. The monoisotopic (exact) mass is 460 g/mol. The van der Waals surface area contributed by atoms with Crippen LogP contribution in [0.2, 0.25) is 0 Å². The van der Waals surface area contributed by atoms with Crippen molar-refractivity contribution in [3.63, 3.8) is 0 Å². The van der Waals surface area contributed by atoms with Crippen LogP contribution < -0.4 is 5.32 Å². The first-order valence-electron chi connectivity index (χ1n) is 11.5. The number of rotatable bonds is 4. The largest absolute Gasteiger partial charge is 0.324 e. The zero-order valence-corrected chi connectivity index (χ0v) is 19.3. The van der Waals surface area contributed by atoms with E-state index in [1.54, 1.807) is 41.3 Å². The van der Waals surface area contributed by atoms with Gasteiger partial charge in [0.2, 0.25) is 5.91 Å². The molecule has 35 heavy (non-hydrogen) atoms. The lowest BCUT2D eigenvalue weighted by Gasteiger charge is -2.31. The van der Waals surface area contributed by atoms with Crippen molar-refractivity contribution in [2.75, 3.05) is 11.9 Å². The summed E-state index contributed by atoms with van der Waals surface area (Å²) >= 11 is 0. The summed E-state index contributed by atoms with van der Waals surface area (Å²) in [4.78, 5) is 41.0. The minimum atomic E-state index is -0.442. The summed E-state index contributed by atoms with van der Waals surface area (Å²) in [5.74, 6) is -0.634. The highest BCUT2D eigenvalue weighted by molar-refractivity contribution is 6.09. The Morgan fingerprint density at radius 2 is 1.37 bits per heavy atom. The predicted molar refractivity (Wildman–Crippen MR) is 135 cm³/mol. The van der Waals surface area contributed by atoms with Crippen molar-refractivity contribution in [1.29, 1.82) is 0 Å². The van der Waals surface area contributed by atoms with Crippen molar-refractivity contribution in [3.05, 3.63) is 137 Å². The van der Waals surface area contributed by atoms with E-state index in [9.17, 15) is 14.4 Å². The second kappa shape index (κ2) is 9.39. The molecule has 0 saturated heterocycles. The van der Waals surface area contributed by atoms with E-state index in [1.165, 1.54) is 0 Å². The molecule has 1 atom stereocenters. The molecule has 4 aromatic rings. The van der Waals surface area contributed by atoms with Crippen molar-refractivity contribution >= 4 is 23.3 Å². The quantitative estimate of drug-likeness (QED) is 0.414. The highest BCUT2D eigenvalue weighted by Gasteiger charge is 2.34. The molecule has 4 aromatic carbocycles. The Kier molecular flexibility index (Phi) is 5.98. The van der Waals surface area contributed by atoms with Gasteiger partial charge in [0, 0.05) is 27.9 Å². The lowest BCUT2D eigenvalue weighted by Crippen LogP contribution is -2.39. The van der Waals surface area contributed by atoms with Crippen molar-refractivity contribution in [1.82, 2.24) is 4.90 Å². The maximum atomic E-state index is 13.8. The van der Waals surface area contributed by atoms with E-state index < -0.39 is 6.04 Å². The van der Waals surface area contributed by atoms with Crippen LogP contribution in [0.3, 0.4) is 0 Å². The number of nitrogens with one attached hydrogen (secondary N) is 1. The molecule has 5 rings (SSSR count). The van der Waals surface area contributed by atoms with Gasteiger partial charge in [-0.05, 0) is 30.7 Å². The molecule has 1 heterocycles. The fraction of sp³-hybridized carbons (Fsp3) is 0.100. The van der Waals surface area contributed by atoms with Crippen molar-refractivity contribution in [2.45, 2.75) is 13.0 Å². The molecule has 0 aliphatic carbocycles. The van der Waals surface area contributed by atoms with E-state index >= 15 is 0 Å². The molecule has 5 heteroatoms. The van der Waals surface area contributed by atoms with Gasteiger partial charge in [0.15, 0.2) is 5.78 Å². The second-order valence-corrected chi connectivity index (χ2v) is 8.66. The van der Waals surface area contributed by atoms with E-state index in [0.29, 0.717) is 22.4 Å². The third-order valence-corrected chi connectivity index (χ3v) is 6.21. The first-order chi connectivity index (χ1) is 17.0. The number of fused-ring (bicyclic) bond motifs is 1. The molecule has 0 saturated carbocycles. The molecular weight excluding hydrogens is 436 g/mol. The van der Waals surface area contributed by atoms with Crippen LogP contribution in [-0.2, 0) is 4.79 Å². The van der Waals surface area contributed by atoms with Crippen LogP contribution in [0.15, 0.2) is 103 Å². The molecule has 5 nitrogen and oxygen atoms in total. The van der Waals surface area contributed by atoms with Crippen LogP contribution in [0.5, 0.6) is 0 Å². The summed E-state index contributed by atoms with van der Waals surface area (Å²) in [6, 6.07) is 30.8. The average molecular weight is 461 g/mol. The molecular formula is C30H24N2O3. The third kappa shape index (κ3) is 4.49. The van der Waals surface area contributed by atoms with Crippen LogP contribution in [-0.4, -0.2) is 29.0 Å². The van der Waals surface area contributed by atoms with Crippen LogP contribution in [0, 0.1) is 6.92 Å². The summed E-state index contributed by atoms with van der Waals surface area (Å²) < 4.78 is 0. The van der Waals surface area contributed by atoms with Gasteiger partial charge < -0.3 is 10.2 Å². The normalized spacial score (nSPS) is 15.1. The predicted octanol–water partition coefficient (Wildman–Crippen LogP) is 5.41. The van der Waals surface area contributed by atoms with Crippen LogP contribution in [0.1, 0.15) is 49.0 Å². The number of aryl methyl sites for hydroxylation is 1. The van der Waals surface area contributed by atoms with E-state index in [4.69, 9.17) is 0 Å². The number of nitrogens with zero attached hydrogens (tertiary/aromatic N) is 1. The highest BCUT2D eigenvalue weighted by atomic mass is 16.2. The van der Waals surface area contributed by atoms with Crippen molar-refractivity contribution in [2.24, 2.45) is 0 Å². The average Bonchev–Trinajstić information content (AvgIpc) is 3.04. The molecule has 1 N–H and O–H groups in total. The molecule has 2 amide bonds. The smallest absolute Gasteiger partial charge is 0.255 e. The minimum absolute atomic E-state index is 0.0865. The van der Waals surface area contributed by atoms with Gasteiger partial charge >= 0.3 is 0 Å². The Balaban J connectivity index is 1.53. The number of hydrogen-bond acceptors (Lipinski definition) is 3. The Morgan fingerprint density at radius 3 is 2.06 bits per heavy atom. The van der Waals surface area contributed by atoms with Crippen molar-refractivity contribution < 1.29 is 14.4 Å². The van der Waals surface area contributed by atoms with Gasteiger partial charge in [-0.3, -0.25) is 14.4 Å². The third-order valence-electron chi connectivity index (χ3n) is 6.21. The summed E-state index contributed by atoms with van der Waals surface area (Å²) in [5, 5.41) is 2.95. The van der Waals surface area contributed by atoms with Gasteiger partial charge in [-0.2, -0.15) is 0 Å². The second-order valence-electron chi connectivity index (χ2n) is 8.66. The van der Waals surface area contributed by atoms with Gasteiger partial charge in [-0.15, -0.1) is 0 Å². The van der Waals surface area contributed by atoms with E-state index in [-0.39, 0.29) is 24.1 Å². The lowest BCUT2D eigenvalue weighted by atomic mass is 9.94. The molecule has 0 radical (unpaired) electrons. The SMILES string of the molecule is Cc1ccc2c(c1)[C@H](c1ccccc1)N(C(=O)c1ccc(C(=O)c3ccccc3)cc1)CC(=O)N2. The number of anilines is 1. The number of carbonyl (C=O) groups is 3. The Morgan fingerprint density at radius 1 is 0.771 bits per heavy atom.